The molecule has 0 saturated carbocycles. The first-order chi connectivity index (χ1) is 10.7. The second-order valence-electron chi connectivity index (χ2n) is 5.46. The zero-order valence-corrected chi connectivity index (χ0v) is 12.2. The molecule has 0 bridgehead atoms. The van der Waals surface area contributed by atoms with Gasteiger partial charge in [0.1, 0.15) is 12.4 Å². The molecule has 126 valence electrons. The summed E-state index contributed by atoms with van der Waals surface area (Å²) in [5.41, 5.74) is 0.827. The van der Waals surface area contributed by atoms with Gasteiger partial charge in [0.2, 0.25) is 11.8 Å². The van der Waals surface area contributed by atoms with E-state index < -0.39 is 30.5 Å². The fourth-order valence-electron chi connectivity index (χ4n) is 2.44. The molecule has 1 aliphatic heterocycles. The molecule has 0 spiro atoms. The third-order valence-corrected chi connectivity index (χ3v) is 3.58. The molecular formula is C15H16F4N2O2. The van der Waals surface area contributed by atoms with Gasteiger partial charge < -0.3 is 10.2 Å². The molecule has 2 amide bonds. The Morgan fingerprint density at radius 2 is 1.91 bits per heavy atom. The number of rotatable bonds is 5. The third-order valence-electron chi connectivity index (χ3n) is 3.58. The normalized spacial score (nSPS) is 18.3. The summed E-state index contributed by atoms with van der Waals surface area (Å²) in [7, 11) is 0. The number of likely N-dealkylation sites (tertiary alicyclic amines) is 1. The molecule has 1 saturated heterocycles. The molecule has 0 aliphatic carbocycles. The summed E-state index contributed by atoms with van der Waals surface area (Å²) < 4.78 is 49.7. The first-order valence-electron chi connectivity index (χ1n) is 7.11. The van der Waals surface area contributed by atoms with Gasteiger partial charge in [-0.3, -0.25) is 9.59 Å². The SMILES string of the molecule is O=C(NCCc1ccc(F)cc1)C1CC(=O)N(CC(F)(F)F)C1. The maximum Gasteiger partial charge on any atom is 0.406 e. The van der Waals surface area contributed by atoms with E-state index in [9.17, 15) is 27.2 Å². The van der Waals surface area contributed by atoms with Gasteiger partial charge in [-0.15, -0.1) is 0 Å². The molecule has 1 aliphatic rings. The lowest BCUT2D eigenvalue weighted by Gasteiger charge is -2.18. The zero-order valence-electron chi connectivity index (χ0n) is 12.2. The molecule has 1 fully saturated rings. The van der Waals surface area contributed by atoms with Crippen molar-refractivity contribution in [1.82, 2.24) is 10.2 Å². The molecule has 8 heteroatoms. The summed E-state index contributed by atoms with van der Waals surface area (Å²) in [5, 5.41) is 2.60. The van der Waals surface area contributed by atoms with E-state index in [1.54, 1.807) is 12.1 Å². The highest BCUT2D eigenvalue weighted by Gasteiger charge is 2.40. The number of halogens is 4. The van der Waals surface area contributed by atoms with Crippen LogP contribution in [0, 0.1) is 11.7 Å². The Bertz CT molecular complexity index is 572. The average Bonchev–Trinajstić information content (AvgIpc) is 2.80. The van der Waals surface area contributed by atoms with E-state index in [0.29, 0.717) is 11.3 Å². The van der Waals surface area contributed by atoms with Crippen molar-refractivity contribution in [2.75, 3.05) is 19.6 Å². The number of nitrogens with zero attached hydrogens (tertiary/aromatic N) is 1. The van der Waals surface area contributed by atoms with Gasteiger partial charge in [-0.25, -0.2) is 4.39 Å². The Labute approximate surface area is 130 Å². The van der Waals surface area contributed by atoms with Gasteiger partial charge in [0.25, 0.3) is 0 Å². The molecule has 23 heavy (non-hydrogen) atoms. The van der Waals surface area contributed by atoms with Gasteiger partial charge in [-0.1, -0.05) is 12.1 Å². The highest BCUT2D eigenvalue weighted by Crippen LogP contribution is 2.23. The van der Waals surface area contributed by atoms with Crippen LogP contribution in [0.2, 0.25) is 0 Å². The number of carbonyl (C=O) groups is 2. The fraction of sp³-hybridized carbons (Fsp3) is 0.467. The summed E-state index contributed by atoms with van der Waals surface area (Å²) >= 11 is 0. The van der Waals surface area contributed by atoms with Crippen LogP contribution in [0.4, 0.5) is 17.6 Å². The van der Waals surface area contributed by atoms with Gasteiger partial charge in [0, 0.05) is 19.5 Å². The first kappa shape index (κ1) is 17.2. The van der Waals surface area contributed by atoms with Gasteiger partial charge in [0.05, 0.1) is 5.92 Å². The van der Waals surface area contributed by atoms with Crippen LogP contribution in [0.3, 0.4) is 0 Å². The monoisotopic (exact) mass is 332 g/mol. The van der Waals surface area contributed by atoms with E-state index in [0.717, 1.165) is 5.56 Å². The number of nitrogens with one attached hydrogen (secondary N) is 1. The lowest BCUT2D eigenvalue weighted by atomic mass is 10.1. The minimum Gasteiger partial charge on any atom is -0.355 e. The van der Waals surface area contributed by atoms with Crippen LogP contribution in [0.5, 0.6) is 0 Å². The van der Waals surface area contributed by atoms with Crippen molar-refractivity contribution in [2.45, 2.75) is 19.0 Å². The van der Waals surface area contributed by atoms with Crippen LogP contribution in [-0.2, 0) is 16.0 Å². The minimum atomic E-state index is -4.47. The summed E-state index contributed by atoms with van der Waals surface area (Å²) in [5.74, 6) is -2.23. The predicted molar refractivity (Wildman–Crippen MR) is 73.9 cm³/mol. The molecule has 1 atom stereocenters. The summed E-state index contributed by atoms with van der Waals surface area (Å²) in [4.78, 5) is 24.1. The van der Waals surface area contributed by atoms with Crippen molar-refractivity contribution < 1.29 is 27.2 Å². The molecule has 1 aromatic rings. The Morgan fingerprint density at radius 1 is 1.26 bits per heavy atom. The number of hydrogen-bond donors (Lipinski definition) is 1. The summed E-state index contributed by atoms with van der Waals surface area (Å²) in [6, 6.07) is 5.79. The maximum absolute atomic E-state index is 12.7. The smallest absolute Gasteiger partial charge is 0.355 e. The quantitative estimate of drug-likeness (QED) is 0.837. The molecule has 4 nitrogen and oxygen atoms in total. The van der Waals surface area contributed by atoms with E-state index in [-0.39, 0.29) is 25.3 Å². The van der Waals surface area contributed by atoms with Gasteiger partial charge in [-0.2, -0.15) is 13.2 Å². The fourth-order valence-corrected chi connectivity index (χ4v) is 2.44. The predicted octanol–water partition coefficient (Wildman–Crippen LogP) is 1.90. The zero-order chi connectivity index (χ0) is 17.0. The van der Waals surface area contributed by atoms with Crippen molar-refractivity contribution in [3.8, 4) is 0 Å². The molecule has 1 N–H and O–H groups in total. The topological polar surface area (TPSA) is 49.4 Å². The van der Waals surface area contributed by atoms with Crippen molar-refractivity contribution in [3.05, 3.63) is 35.6 Å². The number of benzene rings is 1. The van der Waals surface area contributed by atoms with E-state index >= 15 is 0 Å². The van der Waals surface area contributed by atoms with Crippen LogP contribution in [0.15, 0.2) is 24.3 Å². The van der Waals surface area contributed by atoms with Crippen LogP contribution in [0.25, 0.3) is 0 Å². The Kier molecular flexibility index (Phi) is 5.23. The number of alkyl halides is 3. The molecule has 1 heterocycles. The van der Waals surface area contributed by atoms with E-state index in [1.807, 2.05) is 0 Å². The van der Waals surface area contributed by atoms with Crippen LogP contribution < -0.4 is 5.32 Å². The highest BCUT2D eigenvalue weighted by molar-refractivity contribution is 5.89. The molecule has 0 radical (unpaired) electrons. The minimum absolute atomic E-state index is 0.210. The van der Waals surface area contributed by atoms with Gasteiger partial charge in [-0.05, 0) is 24.1 Å². The van der Waals surface area contributed by atoms with Crippen LogP contribution in [-0.4, -0.2) is 42.5 Å². The second-order valence-corrected chi connectivity index (χ2v) is 5.46. The molecule has 2 rings (SSSR count). The van der Waals surface area contributed by atoms with Crippen molar-refractivity contribution >= 4 is 11.8 Å². The van der Waals surface area contributed by atoms with Crippen molar-refractivity contribution in [1.29, 1.82) is 0 Å². The van der Waals surface area contributed by atoms with Crippen LogP contribution >= 0.6 is 0 Å². The van der Waals surface area contributed by atoms with E-state index in [4.69, 9.17) is 0 Å². The van der Waals surface area contributed by atoms with Crippen molar-refractivity contribution in [3.63, 3.8) is 0 Å². The third kappa shape index (κ3) is 5.22. The Morgan fingerprint density at radius 3 is 2.52 bits per heavy atom. The van der Waals surface area contributed by atoms with Gasteiger partial charge in [0.15, 0.2) is 0 Å². The lowest BCUT2D eigenvalue weighted by molar-refractivity contribution is -0.157. The Hall–Kier alpha value is -2.12. The number of carbonyl (C=O) groups excluding carboxylic acids is 2. The number of amides is 2. The number of hydrogen-bond acceptors (Lipinski definition) is 2. The highest BCUT2D eigenvalue weighted by atomic mass is 19.4. The largest absolute Gasteiger partial charge is 0.406 e. The molecular weight excluding hydrogens is 316 g/mol. The molecule has 1 unspecified atom stereocenters. The van der Waals surface area contributed by atoms with Gasteiger partial charge >= 0.3 is 6.18 Å². The van der Waals surface area contributed by atoms with E-state index in [1.165, 1.54) is 12.1 Å². The average molecular weight is 332 g/mol. The first-order valence-corrected chi connectivity index (χ1v) is 7.11. The summed E-state index contributed by atoms with van der Waals surface area (Å²) in [6.07, 6.45) is -4.21. The standard InChI is InChI=1S/C15H16F4N2O2/c16-12-3-1-10(2-4-12)5-6-20-14(23)11-7-13(22)21(8-11)9-15(17,18)19/h1-4,11H,5-9H2,(H,20,23). The van der Waals surface area contributed by atoms with Crippen LogP contribution in [0.1, 0.15) is 12.0 Å². The molecule has 0 aromatic heterocycles. The second kappa shape index (κ2) is 6.97. The molecule has 1 aromatic carbocycles. The lowest BCUT2D eigenvalue weighted by Crippen LogP contribution is -2.37. The maximum atomic E-state index is 12.7. The van der Waals surface area contributed by atoms with E-state index in [2.05, 4.69) is 5.32 Å². The summed E-state index contributed by atoms with van der Waals surface area (Å²) in [6.45, 7) is -1.28. The van der Waals surface area contributed by atoms with Crippen molar-refractivity contribution in [2.24, 2.45) is 5.92 Å². The Balaban J connectivity index is 1.78.